The van der Waals surface area contributed by atoms with Gasteiger partial charge in [-0.2, -0.15) is 0 Å². The number of carbonyl (C=O) groups excluding carboxylic acids is 17. The molecule has 130 heavy (non-hydrogen) atoms. The maximum Gasteiger partial charge on any atom is 0.303 e. The quantitative estimate of drug-likeness (QED) is 0.0213. The Kier molecular flexibility index (Phi) is 43.1. The van der Waals surface area contributed by atoms with Gasteiger partial charge in [-0.3, -0.25) is 101 Å². The first-order valence-electron chi connectivity index (χ1n) is 43.2. The number of phenols is 1. The number of phenolic OH excluding ortho intramolecular Hbond substituents is 1. The predicted molar refractivity (Wildman–Crippen MR) is 461 cm³/mol. The van der Waals surface area contributed by atoms with Gasteiger partial charge in [0.1, 0.15) is 84.3 Å². The van der Waals surface area contributed by atoms with Crippen molar-refractivity contribution in [1.29, 1.82) is 5.41 Å². The number of carbonyl (C=O) groups is 20. The van der Waals surface area contributed by atoms with E-state index < -0.39 is 273 Å². The molecule has 47 nitrogen and oxygen atoms in total. The highest BCUT2D eigenvalue weighted by molar-refractivity contribution is 6.01. The number of aromatic nitrogens is 1. The van der Waals surface area contributed by atoms with Crippen molar-refractivity contribution in [2.24, 2.45) is 17.2 Å². The first-order valence-corrected chi connectivity index (χ1v) is 43.2. The van der Waals surface area contributed by atoms with E-state index in [4.69, 9.17) is 22.6 Å². The fraction of sp³-hybridized carbons (Fsp3) is 0.578. The van der Waals surface area contributed by atoms with Crippen LogP contribution in [0.1, 0.15) is 173 Å². The molecule has 14 atom stereocenters. The van der Waals surface area contributed by atoms with Crippen LogP contribution in [0.3, 0.4) is 0 Å². The van der Waals surface area contributed by atoms with Crippen LogP contribution in [0.2, 0.25) is 0 Å². The van der Waals surface area contributed by atoms with Crippen LogP contribution in [0.15, 0.2) is 54.7 Å². The lowest BCUT2D eigenvalue weighted by Gasteiger charge is -2.32. The van der Waals surface area contributed by atoms with Gasteiger partial charge >= 0.3 is 17.9 Å². The lowest BCUT2D eigenvalue weighted by atomic mass is 10.0. The van der Waals surface area contributed by atoms with Crippen molar-refractivity contribution in [1.82, 2.24) is 94.5 Å². The summed E-state index contributed by atoms with van der Waals surface area (Å²) in [6.07, 6.45) is -3.69. The molecule has 0 aliphatic carbocycles. The molecule has 0 saturated carbocycles. The van der Waals surface area contributed by atoms with E-state index >= 15 is 0 Å². The van der Waals surface area contributed by atoms with Crippen molar-refractivity contribution in [3.8, 4) is 5.75 Å². The number of rotatable bonds is 25. The van der Waals surface area contributed by atoms with E-state index in [1.807, 2.05) is 0 Å². The number of carboxylic acid groups (broad SMARTS) is 3. The Morgan fingerprint density at radius 2 is 0.931 bits per heavy atom. The second kappa shape index (κ2) is 53.2. The van der Waals surface area contributed by atoms with E-state index in [1.165, 1.54) is 24.0 Å². The molecule has 3 fully saturated rings. The number of nitrogens with zero attached hydrogens (tertiary/aromatic N) is 2. The molecular formula is C83H122N22O25. The number of aromatic amines is 1. The van der Waals surface area contributed by atoms with E-state index in [9.17, 15) is 121 Å². The van der Waals surface area contributed by atoms with Crippen LogP contribution in [0.4, 0.5) is 0 Å². The van der Waals surface area contributed by atoms with E-state index in [-0.39, 0.29) is 116 Å². The minimum Gasteiger partial charge on any atom is -0.508 e. The Balaban J connectivity index is 1.29. The topological polar surface area (TPSA) is 747 Å². The number of para-hydroxylation sites is 1. The molecule has 17 amide bonds. The summed E-state index contributed by atoms with van der Waals surface area (Å²) in [5, 5.41) is 95.9. The number of primary amides is 1. The molecule has 3 aliphatic rings. The Labute approximate surface area is 747 Å². The van der Waals surface area contributed by atoms with Crippen LogP contribution >= 0.6 is 0 Å². The first kappa shape index (κ1) is 105. The molecule has 6 rings (SSSR count). The van der Waals surface area contributed by atoms with E-state index in [0.29, 0.717) is 47.7 Å². The molecule has 1 aromatic heterocycles. The number of nitrogens with one attached hydrogen (secondary N) is 17. The molecule has 47 heteroatoms. The van der Waals surface area contributed by atoms with Crippen molar-refractivity contribution >= 4 is 135 Å². The average molecular weight is 1830 g/mol. The molecule has 28 N–H and O–H groups in total. The smallest absolute Gasteiger partial charge is 0.303 e. The number of carboxylic acids is 3. The highest BCUT2D eigenvalue weighted by Crippen LogP contribution is 2.25. The molecule has 4 heterocycles. The highest BCUT2D eigenvalue weighted by atomic mass is 16.4. The second-order valence-corrected chi connectivity index (χ2v) is 32.1. The summed E-state index contributed by atoms with van der Waals surface area (Å²) in [5.74, 6) is -21.5. The summed E-state index contributed by atoms with van der Waals surface area (Å²) in [6.45, 7) is 1.69. The molecule has 0 unspecified atom stereocenters. The number of aliphatic carboxylic acids is 3. The summed E-state index contributed by atoms with van der Waals surface area (Å²) in [6, 6.07) is -7.59. The molecule has 3 saturated heterocycles. The maximum atomic E-state index is 15.0. The van der Waals surface area contributed by atoms with Gasteiger partial charge in [0.05, 0.1) is 19.2 Å². The van der Waals surface area contributed by atoms with E-state index in [0.717, 1.165) is 18.7 Å². The van der Waals surface area contributed by atoms with Crippen LogP contribution in [0.25, 0.3) is 10.9 Å². The van der Waals surface area contributed by atoms with Crippen molar-refractivity contribution < 1.29 is 121 Å². The molecule has 2 aromatic carbocycles. The lowest BCUT2D eigenvalue weighted by molar-refractivity contribution is -0.145. The van der Waals surface area contributed by atoms with Crippen molar-refractivity contribution in [2.75, 3.05) is 45.8 Å². The molecule has 0 bridgehead atoms. The van der Waals surface area contributed by atoms with Gasteiger partial charge in [-0.1, -0.05) is 43.2 Å². The predicted octanol–water partition coefficient (Wildman–Crippen LogP) is -6.04. The van der Waals surface area contributed by atoms with Gasteiger partial charge in [-0.05, 0) is 153 Å². The third-order valence-corrected chi connectivity index (χ3v) is 21.8. The minimum atomic E-state index is -1.97. The van der Waals surface area contributed by atoms with Gasteiger partial charge < -0.3 is 137 Å². The fourth-order valence-electron chi connectivity index (χ4n) is 14.7. The largest absolute Gasteiger partial charge is 0.508 e. The van der Waals surface area contributed by atoms with Crippen molar-refractivity contribution in [2.45, 2.75) is 260 Å². The molecule has 0 spiro atoms. The van der Waals surface area contributed by atoms with Gasteiger partial charge in [0.2, 0.25) is 100 Å². The van der Waals surface area contributed by atoms with Gasteiger partial charge in [-0.15, -0.1) is 0 Å². The Hall–Kier alpha value is -13.6. The molecule has 714 valence electrons. The summed E-state index contributed by atoms with van der Waals surface area (Å²) < 4.78 is 0. The molecule has 3 aliphatic heterocycles. The molecule has 0 radical (unpaired) electrons. The van der Waals surface area contributed by atoms with Gasteiger partial charge in [-0.25, -0.2) is 0 Å². The summed E-state index contributed by atoms with van der Waals surface area (Å²) in [5.41, 5.74) is 18.5. The number of aromatic hydroxyl groups is 1. The van der Waals surface area contributed by atoms with Crippen molar-refractivity contribution in [3.05, 3.63) is 65.9 Å². The molecular weight excluding hydrogens is 1710 g/mol. The Morgan fingerprint density at radius 3 is 1.52 bits per heavy atom. The fourth-order valence-corrected chi connectivity index (χ4v) is 14.7. The number of hydrogen-bond acceptors (Lipinski definition) is 24. The number of unbranched alkanes of at least 4 members (excludes halogenated alkanes) is 1. The van der Waals surface area contributed by atoms with Gasteiger partial charge in [0.25, 0.3) is 0 Å². The number of benzene rings is 2. The maximum absolute atomic E-state index is 15.0. The Morgan fingerprint density at radius 1 is 0.469 bits per heavy atom. The van der Waals surface area contributed by atoms with Gasteiger partial charge in [0.15, 0.2) is 5.96 Å². The summed E-state index contributed by atoms with van der Waals surface area (Å²) in [4.78, 5) is 280. The number of guanidine groups is 1. The average Bonchev–Trinajstić information content (AvgIpc) is 1.64. The van der Waals surface area contributed by atoms with E-state index in [2.05, 4.69) is 84.7 Å². The molecule has 3 aromatic rings. The van der Waals surface area contributed by atoms with Crippen LogP contribution in [-0.4, -0.2) is 295 Å². The number of fused-ring (bicyclic) bond motifs is 3. The standard InChI is InChI=1S/C83H122N22O25/c1-44-70(118)96-55(28-32-67(114)115)74(122)94-45(2)71(119)100-57(17-9-10-34-84)81(129)104-37-13-19-60(104)80(128)102-59(40-48-41-90-51-16-8-7-15-50(48)51)78(126)101-58(39-47-22-24-49(107)25-23-47)73(121)88-35-11-5-4-6-21-63(109)91-42-65(111)95-54(26-30-62(85)108)76(124)97-52(18-12-36-89-83(86)87)75(123)98-56(29-33-68(116)117)77(125)103-69(46(3)106)82(130)105-38-14-20-61(105)79(127)99-53(27-31-66(112)113)72(120)92-43-64(110)93-44/h7-8,15-16,22-25,41,44-46,52-61,69,90,106-107H,4-6,9-14,17-21,26-40,42-43,84H2,1-3H3,(H2,85,108)(H,88,121)(H,91,109)(H,92,120)(H,93,110)(H,94,122)(H,95,111)(H,96,118)(H,97,124)(H,98,123)(H,99,127)(H,100,119)(H,101,126)(H,102,128)(H,103,125)(H,112,113)(H,114,115)(H,116,117)(H4,86,87,89)/t44-,45-,46+,52-,53-,54-,55-,56-,57-,58-,59-,60-,61-,69-/m0/s1. The lowest BCUT2D eigenvalue weighted by Crippen LogP contribution is -2.61. The minimum absolute atomic E-state index is 0.00117. The zero-order valence-corrected chi connectivity index (χ0v) is 72.7. The number of nitrogens with two attached hydrogens (primary N) is 3. The van der Waals surface area contributed by atoms with Gasteiger partial charge in [0, 0.05) is 88.2 Å². The monoisotopic (exact) mass is 1830 g/mol. The van der Waals surface area contributed by atoms with Crippen LogP contribution < -0.4 is 97.0 Å². The highest BCUT2D eigenvalue weighted by Gasteiger charge is 2.44. The van der Waals surface area contributed by atoms with Crippen LogP contribution in [0, 0.1) is 5.41 Å². The first-order chi connectivity index (χ1) is 61.7. The van der Waals surface area contributed by atoms with Crippen molar-refractivity contribution in [3.63, 3.8) is 0 Å². The second-order valence-electron chi connectivity index (χ2n) is 32.1. The number of aliphatic hydroxyl groups excluding tert-OH is 1. The number of aliphatic hydroxyl groups is 1. The number of amides is 17. The number of hydrogen-bond donors (Lipinski definition) is 25. The number of H-pyrrole nitrogens is 1. The SMILES string of the molecule is C[C@@H]1NC(=O)CNC(=O)[C@H](CCC(=O)O)NC(=O)[C@@H]2CCCN2C(=O)[C@H]([C@@H](C)O)NC(=O)[C@H](CCC(=O)O)NC(=O)[C@H](CCCNC(=N)N)NC(=O)[C@H](CCC(N)=O)NC(=O)CNC(=O)CCCCCCNC(=O)[C@H](Cc2ccc(O)cc2)NC(=O)[C@H](Cc2c[nH]c3ccccc23)NC(=O)[C@@H]2CCCN2C(=O)[C@H](CCCCN)NC(=O)[C@H](C)NC(=O)[C@H](CCC(=O)O)NC1=O. The summed E-state index contributed by atoms with van der Waals surface area (Å²) >= 11 is 0. The Bertz CT molecular complexity index is 4530. The summed E-state index contributed by atoms with van der Waals surface area (Å²) in [7, 11) is 0. The zero-order valence-electron chi connectivity index (χ0n) is 72.7. The normalized spacial score (nSPS) is 24.7. The van der Waals surface area contributed by atoms with Crippen LogP contribution in [0.5, 0.6) is 5.75 Å². The van der Waals surface area contributed by atoms with Crippen LogP contribution in [-0.2, 0) is 109 Å². The third kappa shape index (κ3) is 35.2. The van der Waals surface area contributed by atoms with E-state index in [1.54, 1.807) is 42.6 Å². The third-order valence-electron chi connectivity index (χ3n) is 21.8. The zero-order chi connectivity index (χ0) is 95.8.